The maximum atomic E-state index is 12.8. The van der Waals surface area contributed by atoms with Gasteiger partial charge in [-0.15, -0.1) is 0 Å². The van der Waals surface area contributed by atoms with Gasteiger partial charge in [-0.3, -0.25) is 10.1 Å². The summed E-state index contributed by atoms with van der Waals surface area (Å²) in [6, 6.07) is 0. The van der Waals surface area contributed by atoms with E-state index in [1.807, 2.05) is 0 Å². The molecule has 0 aromatic carbocycles. The molecule has 0 aliphatic carbocycles. The number of hydrogen-bond acceptors (Lipinski definition) is 3. The van der Waals surface area contributed by atoms with Gasteiger partial charge in [0.05, 0.1) is 12.1 Å². The molecular weight excluding hydrogens is 237 g/mol. The van der Waals surface area contributed by atoms with Crippen molar-refractivity contribution in [3.05, 3.63) is 0 Å². The van der Waals surface area contributed by atoms with Crippen molar-refractivity contribution in [1.82, 2.24) is 10.2 Å². The molecule has 0 aromatic heterocycles. The second-order valence-electron chi connectivity index (χ2n) is 4.74. The van der Waals surface area contributed by atoms with Crippen molar-refractivity contribution in [3.8, 4) is 0 Å². The van der Waals surface area contributed by atoms with Gasteiger partial charge in [-0.1, -0.05) is 6.92 Å². The molecule has 2 aliphatic heterocycles. The fourth-order valence-electron chi connectivity index (χ4n) is 2.76. The van der Waals surface area contributed by atoms with E-state index < -0.39 is 36.2 Å². The molecule has 2 heterocycles. The van der Waals surface area contributed by atoms with Gasteiger partial charge in [0.2, 0.25) is 5.91 Å². The van der Waals surface area contributed by atoms with E-state index in [9.17, 15) is 23.1 Å². The first-order valence-electron chi connectivity index (χ1n) is 5.59. The number of piperidine rings is 1. The Hall–Kier alpha value is -0.820. The first-order valence-corrected chi connectivity index (χ1v) is 5.59. The number of rotatable bonds is 1. The van der Waals surface area contributed by atoms with Crippen molar-refractivity contribution in [2.75, 3.05) is 13.1 Å². The number of halogens is 3. The van der Waals surface area contributed by atoms with Gasteiger partial charge in [-0.05, 0) is 6.42 Å². The summed E-state index contributed by atoms with van der Waals surface area (Å²) in [5, 5.41) is 12.6. The van der Waals surface area contributed by atoms with Crippen LogP contribution >= 0.6 is 0 Å². The number of fused-ring (bicyclic) bond motifs is 1. The molecule has 0 spiro atoms. The van der Waals surface area contributed by atoms with Crippen molar-refractivity contribution >= 4 is 5.91 Å². The largest absolute Gasteiger partial charge is 0.417 e. The Morgan fingerprint density at radius 3 is 2.71 bits per heavy atom. The van der Waals surface area contributed by atoms with Crippen LogP contribution in [0.4, 0.5) is 13.2 Å². The Balaban J connectivity index is 2.36. The molecule has 0 saturated carbocycles. The molecule has 0 unspecified atom stereocenters. The SMILES string of the molecule is CC[C@]12C[C@](O)(C(F)(F)F)CC(=O)N1CCN2. The monoisotopic (exact) mass is 252 g/mol. The predicted molar refractivity (Wildman–Crippen MR) is 53.0 cm³/mol. The average Bonchev–Trinajstić information content (AvgIpc) is 2.60. The zero-order valence-corrected chi connectivity index (χ0v) is 9.47. The first kappa shape index (κ1) is 12.6. The van der Waals surface area contributed by atoms with Gasteiger partial charge >= 0.3 is 6.18 Å². The Morgan fingerprint density at radius 1 is 1.53 bits per heavy atom. The van der Waals surface area contributed by atoms with Crippen LogP contribution in [0.25, 0.3) is 0 Å². The molecule has 2 rings (SSSR count). The van der Waals surface area contributed by atoms with Crippen LogP contribution in [0.5, 0.6) is 0 Å². The molecule has 2 aliphatic rings. The Kier molecular flexibility index (Phi) is 2.66. The summed E-state index contributed by atoms with van der Waals surface area (Å²) >= 11 is 0. The predicted octanol–water partition coefficient (Wildman–Crippen LogP) is 0.612. The number of hydrogen-bond donors (Lipinski definition) is 2. The van der Waals surface area contributed by atoms with E-state index in [4.69, 9.17) is 0 Å². The average molecular weight is 252 g/mol. The first-order chi connectivity index (χ1) is 7.74. The maximum absolute atomic E-state index is 12.8. The molecule has 1 amide bonds. The zero-order valence-electron chi connectivity index (χ0n) is 9.47. The summed E-state index contributed by atoms with van der Waals surface area (Å²) < 4.78 is 38.4. The quantitative estimate of drug-likeness (QED) is 0.719. The lowest BCUT2D eigenvalue weighted by Crippen LogP contribution is -2.66. The maximum Gasteiger partial charge on any atom is 0.417 e. The number of carbonyl (C=O) groups excluding carboxylic acids is 1. The second-order valence-corrected chi connectivity index (χ2v) is 4.74. The van der Waals surface area contributed by atoms with Crippen LogP contribution in [0.1, 0.15) is 26.2 Å². The highest BCUT2D eigenvalue weighted by Crippen LogP contribution is 2.45. The van der Waals surface area contributed by atoms with Gasteiger partial charge in [0.25, 0.3) is 0 Å². The van der Waals surface area contributed by atoms with Crippen LogP contribution in [0.3, 0.4) is 0 Å². The third-order valence-corrected chi connectivity index (χ3v) is 3.75. The third-order valence-electron chi connectivity index (χ3n) is 3.75. The van der Waals surface area contributed by atoms with Crippen LogP contribution in [0, 0.1) is 0 Å². The molecule has 98 valence electrons. The zero-order chi connectivity index (χ0) is 12.9. The van der Waals surface area contributed by atoms with Gasteiger partial charge < -0.3 is 10.0 Å². The van der Waals surface area contributed by atoms with E-state index in [2.05, 4.69) is 5.32 Å². The third kappa shape index (κ3) is 1.72. The summed E-state index contributed by atoms with van der Waals surface area (Å²) in [6.07, 6.45) is -5.80. The van der Waals surface area contributed by atoms with E-state index in [1.54, 1.807) is 6.92 Å². The van der Waals surface area contributed by atoms with Crippen LogP contribution in [-0.4, -0.2) is 46.4 Å². The molecule has 0 radical (unpaired) electrons. The number of nitrogens with zero attached hydrogens (tertiary/aromatic N) is 1. The number of alkyl halides is 3. The van der Waals surface area contributed by atoms with Crippen molar-refractivity contribution in [3.63, 3.8) is 0 Å². The Bertz CT molecular complexity index is 347. The van der Waals surface area contributed by atoms with Gasteiger partial charge in [-0.2, -0.15) is 13.2 Å². The molecule has 0 bridgehead atoms. The van der Waals surface area contributed by atoms with Gasteiger partial charge in [0.15, 0.2) is 5.60 Å². The highest BCUT2D eigenvalue weighted by molar-refractivity contribution is 5.80. The summed E-state index contributed by atoms with van der Waals surface area (Å²) in [4.78, 5) is 13.2. The van der Waals surface area contributed by atoms with E-state index in [-0.39, 0.29) is 0 Å². The van der Waals surface area contributed by atoms with E-state index in [1.165, 1.54) is 4.90 Å². The Morgan fingerprint density at radius 2 is 2.18 bits per heavy atom. The van der Waals surface area contributed by atoms with E-state index in [0.29, 0.717) is 19.5 Å². The van der Waals surface area contributed by atoms with Crippen LogP contribution in [0.2, 0.25) is 0 Å². The van der Waals surface area contributed by atoms with Crippen molar-refractivity contribution < 1.29 is 23.1 Å². The van der Waals surface area contributed by atoms with Crippen molar-refractivity contribution in [2.24, 2.45) is 0 Å². The Labute approximate surface area is 96.8 Å². The molecule has 7 heteroatoms. The number of nitrogens with one attached hydrogen (secondary N) is 1. The lowest BCUT2D eigenvalue weighted by atomic mass is 9.80. The number of amides is 1. The molecule has 2 N–H and O–H groups in total. The lowest BCUT2D eigenvalue weighted by Gasteiger charge is -2.48. The van der Waals surface area contributed by atoms with Crippen LogP contribution in [-0.2, 0) is 4.79 Å². The van der Waals surface area contributed by atoms with Crippen molar-refractivity contribution in [2.45, 2.75) is 43.6 Å². The number of carbonyl (C=O) groups is 1. The minimum atomic E-state index is -4.78. The smallest absolute Gasteiger partial charge is 0.380 e. The molecule has 2 saturated heterocycles. The summed E-state index contributed by atoms with van der Waals surface area (Å²) in [5.41, 5.74) is -3.95. The molecular formula is C10H15F3N2O2. The second kappa shape index (κ2) is 3.58. The summed E-state index contributed by atoms with van der Waals surface area (Å²) in [5.74, 6) is -0.636. The van der Waals surface area contributed by atoms with E-state index in [0.717, 1.165) is 0 Å². The molecule has 2 fully saturated rings. The minimum absolute atomic E-state index is 0.344. The molecule has 0 aromatic rings. The van der Waals surface area contributed by atoms with Gasteiger partial charge in [-0.25, -0.2) is 0 Å². The highest BCUT2D eigenvalue weighted by atomic mass is 19.4. The van der Waals surface area contributed by atoms with Crippen molar-refractivity contribution in [1.29, 1.82) is 0 Å². The van der Waals surface area contributed by atoms with Gasteiger partial charge in [0.1, 0.15) is 0 Å². The lowest BCUT2D eigenvalue weighted by molar-refractivity contribution is -0.280. The standard InChI is InChI=1S/C10H15F3N2O2/c1-2-9-6-8(17,10(11,12)13)5-7(16)15(9)4-3-14-9/h14,17H,2-6H2,1H3/t8-,9+/m0/s1. The molecule has 2 atom stereocenters. The normalized spacial score (nSPS) is 38.4. The van der Waals surface area contributed by atoms with Crippen LogP contribution < -0.4 is 5.32 Å². The summed E-state index contributed by atoms with van der Waals surface area (Å²) in [7, 11) is 0. The minimum Gasteiger partial charge on any atom is -0.380 e. The molecule has 4 nitrogen and oxygen atoms in total. The fourth-order valence-corrected chi connectivity index (χ4v) is 2.76. The topological polar surface area (TPSA) is 52.6 Å². The number of aliphatic hydroxyl groups is 1. The van der Waals surface area contributed by atoms with Crippen LogP contribution in [0.15, 0.2) is 0 Å². The highest BCUT2D eigenvalue weighted by Gasteiger charge is 2.63. The van der Waals surface area contributed by atoms with E-state index >= 15 is 0 Å². The van der Waals surface area contributed by atoms with Gasteiger partial charge in [0, 0.05) is 19.5 Å². The summed E-state index contributed by atoms with van der Waals surface area (Å²) in [6.45, 7) is 2.58. The fraction of sp³-hybridized carbons (Fsp3) is 0.900. The molecule has 17 heavy (non-hydrogen) atoms.